The van der Waals surface area contributed by atoms with Crippen LogP contribution < -0.4 is 5.01 Å². The first kappa shape index (κ1) is 19.6. The molecule has 1 aromatic heterocycles. The number of halogens is 1. The molecular weight excluding hydrogens is 388 g/mol. The summed E-state index contributed by atoms with van der Waals surface area (Å²) in [6.45, 7) is 2.91. The van der Waals surface area contributed by atoms with Crippen LogP contribution in [0.4, 0.5) is 11.5 Å². The van der Waals surface area contributed by atoms with Gasteiger partial charge in [0.2, 0.25) is 0 Å². The van der Waals surface area contributed by atoms with Crippen molar-refractivity contribution in [2.75, 3.05) is 12.1 Å². The van der Waals surface area contributed by atoms with Crippen LogP contribution in [0.15, 0.2) is 35.3 Å². The van der Waals surface area contributed by atoms with Gasteiger partial charge in [-0.25, -0.2) is 15.0 Å². The van der Waals surface area contributed by atoms with E-state index in [4.69, 9.17) is 11.6 Å². The van der Waals surface area contributed by atoms with Gasteiger partial charge in [0.1, 0.15) is 12.3 Å². The molecular formula is C17H17ClN6O4. The molecule has 28 heavy (non-hydrogen) atoms. The van der Waals surface area contributed by atoms with Crippen LogP contribution in [0.5, 0.6) is 0 Å². The molecule has 2 amide bonds. The van der Waals surface area contributed by atoms with Gasteiger partial charge in [-0.15, -0.1) is 0 Å². The van der Waals surface area contributed by atoms with E-state index in [1.54, 1.807) is 43.2 Å². The van der Waals surface area contributed by atoms with Gasteiger partial charge in [0, 0.05) is 7.05 Å². The highest BCUT2D eigenvalue weighted by atomic mass is 35.5. The van der Waals surface area contributed by atoms with Crippen LogP contribution in [0.1, 0.15) is 12.6 Å². The number of rotatable bonds is 4. The lowest BCUT2D eigenvalue weighted by Crippen LogP contribution is -2.38. The fraction of sp³-hybridized carbons (Fsp3) is 0.294. The summed E-state index contributed by atoms with van der Waals surface area (Å²) in [5.41, 5.74) is 1.02. The zero-order valence-electron chi connectivity index (χ0n) is 15.4. The van der Waals surface area contributed by atoms with E-state index in [0.29, 0.717) is 5.69 Å². The maximum Gasteiger partial charge on any atom is 0.408 e. The quantitative estimate of drug-likeness (QED) is 0.568. The highest BCUT2D eigenvalue weighted by Gasteiger charge is 2.40. The molecule has 0 N–H and O–H groups in total. The molecule has 0 spiro atoms. The fourth-order valence-electron chi connectivity index (χ4n) is 2.87. The standard InChI is InChI=1S/C17H17ClN6O4/c1-10-14(18)16(24(27)28)20-22(10)9-13(25)19-15-11(2)21(3)23(17(15)26)12-7-5-4-6-8-12/h4-8,11H,9H2,1-3H3. The Bertz CT molecular complexity index is 987. The lowest BCUT2D eigenvalue weighted by atomic mass is 10.2. The van der Waals surface area contributed by atoms with Crippen LogP contribution in [-0.4, -0.2) is 50.3 Å². The molecule has 1 fully saturated rings. The van der Waals surface area contributed by atoms with Crippen molar-refractivity contribution >= 4 is 40.6 Å². The maximum atomic E-state index is 12.8. The average molecular weight is 405 g/mol. The van der Waals surface area contributed by atoms with Crippen molar-refractivity contribution in [1.29, 1.82) is 0 Å². The van der Waals surface area contributed by atoms with Crippen LogP contribution in [0.2, 0.25) is 5.02 Å². The summed E-state index contributed by atoms with van der Waals surface area (Å²) >= 11 is 5.88. The summed E-state index contributed by atoms with van der Waals surface area (Å²) in [6, 6.07) is 8.58. The second-order valence-corrected chi connectivity index (χ2v) is 6.61. The number of aromatic nitrogens is 2. The van der Waals surface area contributed by atoms with Gasteiger partial charge >= 0.3 is 5.82 Å². The van der Waals surface area contributed by atoms with E-state index in [-0.39, 0.29) is 23.0 Å². The number of hydrazine groups is 1. The molecule has 2 aromatic rings. The Labute approximate surface area is 165 Å². The number of hydrogen-bond donors (Lipinski definition) is 0. The molecule has 1 aliphatic rings. The summed E-state index contributed by atoms with van der Waals surface area (Å²) in [4.78, 5) is 39.4. The van der Waals surface area contributed by atoms with Gasteiger partial charge < -0.3 is 10.1 Å². The second-order valence-electron chi connectivity index (χ2n) is 6.23. The Kier molecular flexibility index (Phi) is 5.25. The van der Waals surface area contributed by atoms with E-state index >= 15 is 0 Å². The van der Waals surface area contributed by atoms with Crippen molar-refractivity contribution in [3.8, 4) is 0 Å². The van der Waals surface area contributed by atoms with Gasteiger partial charge in [0.05, 0.1) is 22.5 Å². The molecule has 0 aliphatic carbocycles. The van der Waals surface area contributed by atoms with Crippen molar-refractivity contribution in [2.45, 2.75) is 26.4 Å². The van der Waals surface area contributed by atoms with Crippen LogP contribution in [0.3, 0.4) is 0 Å². The number of anilines is 1. The Morgan fingerprint density at radius 3 is 2.57 bits per heavy atom. The lowest BCUT2D eigenvalue weighted by Gasteiger charge is -2.25. The van der Waals surface area contributed by atoms with E-state index < -0.39 is 28.6 Å². The number of carbonyl (C=O) groups is 2. The van der Waals surface area contributed by atoms with Gasteiger partial charge in [0.15, 0.2) is 5.02 Å². The van der Waals surface area contributed by atoms with Gasteiger partial charge in [0.25, 0.3) is 11.8 Å². The zero-order chi connectivity index (χ0) is 20.6. The smallest absolute Gasteiger partial charge is 0.358 e. The van der Waals surface area contributed by atoms with Crippen LogP contribution in [0.25, 0.3) is 0 Å². The SMILES string of the molecule is Cc1c(Cl)c([N+](=O)[O-])nn1CC(=O)N=C1C(=O)N(c2ccccc2)N(C)C1C. The minimum atomic E-state index is -0.725. The molecule has 1 saturated heterocycles. The molecule has 0 radical (unpaired) electrons. The monoisotopic (exact) mass is 404 g/mol. The molecule has 1 atom stereocenters. The first-order valence-corrected chi connectivity index (χ1v) is 8.71. The van der Waals surface area contributed by atoms with Crippen molar-refractivity contribution < 1.29 is 14.5 Å². The van der Waals surface area contributed by atoms with E-state index in [9.17, 15) is 19.7 Å². The lowest BCUT2D eigenvalue weighted by molar-refractivity contribution is -0.389. The zero-order valence-corrected chi connectivity index (χ0v) is 16.1. The minimum Gasteiger partial charge on any atom is -0.358 e. The molecule has 2 heterocycles. The van der Waals surface area contributed by atoms with E-state index in [1.165, 1.54) is 11.9 Å². The number of para-hydroxylation sites is 1. The summed E-state index contributed by atoms with van der Waals surface area (Å²) in [5, 5.41) is 17.6. The Balaban J connectivity index is 1.85. The number of benzene rings is 1. The van der Waals surface area contributed by atoms with E-state index in [1.807, 2.05) is 6.07 Å². The van der Waals surface area contributed by atoms with Crippen LogP contribution >= 0.6 is 11.6 Å². The first-order chi connectivity index (χ1) is 13.2. The molecule has 1 aromatic carbocycles. The molecule has 0 saturated carbocycles. The summed E-state index contributed by atoms with van der Waals surface area (Å²) in [5.74, 6) is -1.59. The molecule has 146 valence electrons. The Morgan fingerprint density at radius 2 is 2.00 bits per heavy atom. The fourth-order valence-corrected chi connectivity index (χ4v) is 3.07. The molecule has 1 aliphatic heterocycles. The first-order valence-electron chi connectivity index (χ1n) is 8.33. The third-order valence-corrected chi connectivity index (χ3v) is 4.95. The number of nitrogens with zero attached hydrogens (tertiary/aromatic N) is 6. The Morgan fingerprint density at radius 1 is 1.36 bits per heavy atom. The topological polar surface area (TPSA) is 114 Å². The van der Waals surface area contributed by atoms with E-state index in [0.717, 1.165) is 4.68 Å². The number of carbonyl (C=O) groups excluding carboxylic acids is 2. The van der Waals surface area contributed by atoms with Gasteiger partial charge in [-0.05, 0) is 30.9 Å². The number of amides is 2. The second kappa shape index (κ2) is 7.49. The number of aliphatic imine (C=N–C) groups is 1. The average Bonchev–Trinajstić information content (AvgIpc) is 3.05. The number of nitro groups is 1. The van der Waals surface area contributed by atoms with Crippen molar-refractivity contribution in [3.05, 3.63) is 51.2 Å². The predicted octanol–water partition coefficient (Wildman–Crippen LogP) is 2.00. The Hall–Kier alpha value is -3.11. The highest BCUT2D eigenvalue weighted by molar-refractivity contribution is 6.48. The normalized spacial score (nSPS) is 18.9. The van der Waals surface area contributed by atoms with Crippen LogP contribution in [-0.2, 0) is 16.1 Å². The van der Waals surface area contributed by atoms with E-state index in [2.05, 4.69) is 10.1 Å². The summed E-state index contributed by atoms with van der Waals surface area (Å²) in [6.07, 6.45) is 0. The van der Waals surface area contributed by atoms with Gasteiger partial charge in [-0.2, -0.15) is 4.68 Å². The molecule has 11 heteroatoms. The third-order valence-electron chi connectivity index (χ3n) is 4.50. The third kappa shape index (κ3) is 3.39. The molecule has 0 bridgehead atoms. The van der Waals surface area contributed by atoms with Crippen LogP contribution in [0, 0.1) is 17.0 Å². The van der Waals surface area contributed by atoms with Crippen molar-refractivity contribution in [1.82, 2.24) is 14.8 Å². The largest absolute Gasteiger partial charge is 0.408 e. The molecule has 3 rings (SSSR count). The minimum absolute atomic E-state index is 0.0850. The van der Waals surface area contributed by atoms with Crippen molar-refractivity contribution in [2.24, 2.45) is 4.99 Å². The maximum absolute atomic E-state index is 12.8. The highest BCUT2D eigenvalue weighted by Crippen LogP contribution is 2.27. The summed E-state index contributed by atoms with van der Waals surface area (Å²) in [7, 11) is 1.73. The predicted molar refractivity (Wildman–Crippen MR) is 102 cm³/mol. The summed E-state index contributed by atoms with van der Waals surface area (Å²) < 4.78 is 1.11. The van der Waals surface area contributed by atoms with Crippen molar-refractivity contribution in [3.63, 3.8) is 0 Å². The molecule has 10 nitrogen and oxygen atoms in total. The number of hydrogen-bond acceptors (Lipinski definition) is 6. The molecule has 1 unspecified atom stereocenters. The van der Waals surface area contributed by atoms with Gasteiger partial charge in [-0.1, -0.05) is 29.8 Å². The van der Waals surface area contributed by atoms with Gasteiger partial charge in [-0.3, -0.25) is 9.59 Å².